The summed E-state index contributed by atoms with van der Waals surface area (Å²) in [6, 6.07) is 58.5. The van der Waals surface area contributed by atoms with Crippen molar-refractivity contribution in [3.05, 3.63) is 200 Å². The molecule has 0 radical (unpaired) electrons. The van der Waals surface area contributed by atoms with Gasteiger partial charge in [-0.3, -0.25) is 4.98 Å². The normalized spacial score (nSPS) is 12.0. The average Bonchev–Trinajstić information content (AvgIpc) is 3.85. The van der Waals surface area contributed by atoms with E-state index in [1.165, 1.54) is 55.1 Å². The van der Waals surface area contributed by atoms with Gasteiger partial charge in [0, 0.05) is 56.7 Å². The molecule has 272 valence electrons. The third kappa shape index (κ3) is 5.21. The molecule has 5 heterocycles. The summed E-state index contributed by atoms with van der Waals surface area (Å²) in [5.74, 6) is 0. The number of hydrogen-bond donors (Lipinski definition) is 1. The van der Waals surface area contributed by atoms with Crippen molar-refractivity contribution in [1.29, 1.82) is 5.41 Å². The van der Waals surface area contributed by atoms with Crippen LogP contribution in [0.2, 0.25) is 0 Å². The summed E-state index contributed by atoms with van der Waals surface area (Å²) in [7, 11) is 0. The molecule has 5 nitrogen and oxygen atoms in total. The molecule has 0 aliphatic heterocycles. The number of nitrogens with one attached hydrogen (secondary N) is 1. The molecule has 0 atom stereocenters. The zero-order valence-electron chi connectivity index (χ0n) is 31.5. The van der Waals surface area contributed by atoms with Gasteiger partial charge in [0.25, 0.3) is 0 Å². The molecule has 11 rings (SSSR count). The van der Waals surface area contributed by atoms with E-state index in [2.05, 4.69) is 178 Å². The van der Waals surface area contributed by atoms with Crippen molar-refractivity contribution in [2.45, 2.75) is 0 Å². The van der Waals surface area contributed by atoms with Gasteiger partial charge in [0.1, 0.15) is 0 Å². The topological polar surface area (TPSA) is 59.0 Å². The summed E-state index contributed by atoms with van der Waals surface area (Å²) in [5.41, 5.74) is 14.5. The highest BCUT2D eigenvalue weighted by Gasteiger charge is 2.21. The van der Waals surface area contributed by atoms with Crippen LogP contribution in [0, 0.1) is 5.41 Å². The molecule has 0 aliphatic carbocycles. The second-order valence-electron chi connectivity index (χ2n) is 14.7. The molecule has 0 saturated carbocycles. The Morgan fingerprint density at radius 1 is 0.552 bits per heavy atom. The first-order chi connectivity index (χ1) is 28.7. The molecule has 58 heavy (non-hydrogen) atoms. The van der Waals surface area contributed by atoms with Crippen LogP contribution in [0.15, 0.2) is 195 Å². The number of para-hydroxylation sites is 2. The molecule has 0 fully saturated rings. The Labute approximate surface area is 334 Å². The van der Waals surface area contributed by atoms with E-state index < -0.39 is 0 Å². The van der Waals surface area contributed by atoms with Crippen LogP contribution in [-0.4, -0.2) is 25.2 Å². The quantitative estimate of drug-likeness (QED) is 0.100. The summed E-state index contributed by atoms with van der Waals surface area (Å²) >= 11 is 0. The van der Waals surface area contributed by atoms with Crippen LogP contribution >= 0.6 is 0 Å². The lowest BCUT2D eigenvalue weighted by Crippen LogP contribution is -1.98. The highest BCUT2D eigenvalue weighted by Crippen LogP contribution is 2.42. The fourth-order valence-corrected chi connectivity index (χ4v) is 8.81. The van der Waals surface area contributed by atoms with Gasteiger partial charge in [0.05, 0.1) is 44.7 Å². The fraction of sp³-hybridized carbons (Fsp3) is 0. The molecule has 0 amide bonds. The summed E-state index contributed by atoms with van der Waals surface area (Å²) in [6.45, 7) is 3.83. The van der Waals surface area contributed by atoms with Gasteiger partial charge in [-0.15, -0.1) is 0 Å². The smallest absolute Gasteiger partial charge is 0.0730 e. The summed E-state index contributed by atoms with van der Waals surface area (Å²) in [5, 5.41) is 15.3. The molecule has 1 N–H and O–H groups in total. The molecule has 11 aromatic rings. The Kier molecular flexibility index (Phi) is 7.73. The number of rotatable bonds is 7. The van der Waals surface area contributed by atoms with Crippen molar-refractivity contribution in [3.63, 3.8) is 0 Å². The van der Waals surface area contributed by atoms with Crippen LogP contribution in [-0.2, 0) is 0 Å². The van der Waals surface area contributed by atoms with Crippen molar-refractivity contribution in [3.8, 4) is 39.3 Å². The molecule has 5 heteroatoms. The maximum absolute atomic E-state index is 7.95. The lowest BCUT2D eigenvalue weighted by Gasteiger charge is -2.14. The number of pyridine rings is 3. The first kappa shape index (κ1) is 33.4. The Balaban J connectivity index is 1.19. The van der Waals surface area contributed by atoms with Gasteiger partial charge < -0.3 is 14.4 Å². The molecule has 0 aliphatic rings. The molecule has 0 unspecified atom stereocenters. The highest BCUT2D eigenvalue weighted by atomic mass is 15.0. The standard InChI is InChI=1S/C53H35N5/c1-2-10-39(32-54)34-18-22-36(23-19-34)46-30-41(31-47(56-46)37-24-20-35(21-25-37)40-11-9-28-55-33-40)57-49-17-8-6-15-45(49)52-50(57)27-26-38-29-51-44-14-4-3-12-42(44)43-13-5-7-16-48(43)58(51)53(38)52/h2-33,54H,1H2/b39-10+,54-32?. The summed E-state index contributed by atoms with van der Waals surface area (Å²) in [6.07, 6.45) is 8.62. The van der Waals surface area contributed by atoms with Gasteiger partial charge in [0.15, 0.2) is 0 Å². The van der Waals surface area contributed by atoms with Gasteiger partial charge in [0.2, 0.25) is 0 Å². The minimum absolute atomic E-state index is 0.799. The van der Waals surface area contributed by atoms with Gasteiger partial charge >= 0.3 is 0 Å². The fourth-order valence-electron chi connectivity index (χ4n) is 8.81. The number of fused-ring (bicyclic) bond motifs is 12. The van der Waals surface area contributed by atoms with E-state index in [0.29, 0.717) is 0 Å². The van der Waals surface area contributed by atoms with Gasteiger partial charge in [-0.2, -0.15) is 0 Å². The Bertz CT molecular complexity index is 3460. The lowest BCUT2D eigenvalue weighted by atomic mass is 10.0. The maximum atomic E-state index is 7.95. The molecule has 0 saturated heterocycles. The van der Waals surface area contributed by atoms with Crippen molar-refractivity contribution in [2.75, 3.05) is 0 Å². The number of allylic oxidation sites excluding steroid dienone is 3. The first-order valence-corrected chi connectivity index (χ1v) is 19.4. The van der Waals surface area contributed by atoms with Crippen LogP contribution in [0.4, 0.5) is 0 Å². The zero-order chi connectivity index (χ0) is 38.7. The molecule has 6 aromatic carbocycles. The molecular formula is C53H35N5. The molecule has 0 spiro atoms. The Morgan fingerprint density at radius 3 is 1.88 bits per heavy atom. The van der Waals surface area contributed by atoms with Crippen LogP contribution in [0.1, 0.15) is 5.56 Å². The van der Waals surface area contributed by atoms with E-state index in [0.717, 1.165) is 61.5 Å². The number of nitrogens with zero attached hydrogens (tertiary/aromatic N) is 4. The second-order valence-corrected chi connectivity index (χ2v) is 14.7. The van der Waals surface area contributed by atoms with Gasteiger partial charge in [-0.1, -0.05) is 140 Å². The van der Waals surface area contributed by atoms with Gasteiger partial charge in [-0.05, 0) is 70.1 Å². The Hall–Kier alpha value is -7.89. The lowest BCUT2D eigenvalue weighted by molar-refractivity contribution is 1.16. The van der Waals surface area contributed by atoms with E-state index in [1.807, 2.05) is 18.3 Å². The largest absolute Gasteiger partial charge is 0.309 e. The van der Waals surface area contributed by atoms with Crippen LogP contribution < -0.4 is 0 Å². The average molecular weight is 742 g/mol. The minimum atomic E-state index is 0.799. The SMILES string of the molecule is C=C/C=C(\C=N)c1ccc(-c2cc(-n3c4ccccc4c4c3ccc3cc5c6ccccc6c6ccccc6n5c34)cc(-c3ccc(-c4cccnc4)cc3)n2)cc1. The van der Waals surface area contributed by atoms with Gasteiger partial charge in [-0.25, -0.2) is 4.98 Å². The van der Waals surface area contributed by atoms with Crippen LogP contribution in [0.25, 0.3) is 105 Å². The van der Waals surface area contributed by atoms with E-state index in [4.69, 9.17) is 10.4 Å². The van der Waals surface area contributed by atoms with Crippen LogP contribution in [0.5, 0.6) is 0 Å². The third-order valence-electron chi connectivity index (χ3n) is 11.4. The predicted molar refractivity (Wildman–Crippen MR) is 243 cm³/mol. The molecular weight excluding hydrogens is 707 g/mol. The molecule has 0 bridgehead atoms. The molecule has 5 aromatic heterocycles. The predicted octanol–water partition coefficient (Wildman–Crippen LogP) is 13.5. The summed E-state index contributed by atoms with van der Waals surface area (Å²) < 4.78 is 4.88. The monoisotopic (exact) mass is 741 g/mol. The van der Waals surface area contributed by atoms with Crippen LogP contribution in [0.3, 0.4) is 0 Å². The number of aromatic nitrogens is 4. The highest BCUT2D eigenvalue weighted by molar-refractivity contribution is 6.24. The van der Waals surface area contributed by atoms with E-state index in [1.54, 1.807) is 12.3 Å². The van der Waals surface area contributed by atoms with E-state index >= 15 is 0 Å². The van der Waals surface area contributed by atoms with Crippen molar-refractivity contribution in [1.82, 2.24) is 18.9 Å². The van der Waals surface area contributed by atoms with Crippen molar-refractivity contribution < 1.29 is 0 Å². The van der Waals surface area contributed by atoms with E-state index in [-0.39, 0.29) is 0 Å². The summed E-state index contributed by atoms with van der Waals surface area (Å²) in [4.78, 5) is 9.65. The zero-order valence-corrected chi connectivity index (χ0v) is 31.5. The Morgan fingerprint density at radius 2 is 1.19 bits per heavy atom. The second kappa shape index (κ2) is 13.4. The number of benzene rings is 6. The van der Waals surface area contributed by atoms with E-state index in [9.17, 15) is 0 Å². The number of hydrogen-bond acceptors (Lipinski definition) is 3. The van der Waals surface area contributed by atoms with Crippen molar-refractivity contribution >= 4 is 71.7 Å². The maximum Gasteiger partial charge on any atom is 0.0730 e. The minimum Gasteiger partial charge on any atom is -0.309 e. The first-order valence-electron chi connectivity index (χ1n) is 19.4. The van der Waals surface area contributed by atoms with Crippen molar-refractivity contribution in [2.24, 2.45) is 0 Å². The third-order valence-corrected chi connectivity index (χ3v) is 11.4.